The first-order valence-corrected chi connectivity index (χ1v) is 4.87. The van der Waals surface area contributed by atoms with Crippen LogP contribution in [0.4, 0.5) is 0 Å². The van der Waals surface area contributed by atoms with Crippen LogP contribution in [0.25, 0.3) is 0 Å². The molecule has 0 aromatic rings. The Balaban J connectivity index is 1.97. The van der Waals surface area contributed by atoms with Crippen molar-refractivity contribution in [1.82, 2.24) is 4.90 Å². The lowest BCUT2D eigenvalue weighted by Gasteiger charge is -2.36. The van der Waals surface area contributed by atoms with Gasteiger partial charge in [-0.05, 0) is 38.1 Å². The van der Waals surface area contributed by atoms with E-state index >= 15 is 0 Å². The van der Waals surface area contributed by atoms with E-state index in [9.17, 15) is 0 Å². The van der Waals surface area contributed by atoms with E-state index in [4.69, 9.17) is 0 Å². The molecule has 0 spiro atoms. The molecular weight excluding hydrogens is 134 g/mol. The van der Waals surface area contributed by atoms with Crippen LogP contribution < -0.4 is 0 Å². The maximum atomic E-state index is 2.73. The standard InChI is InChI=1S/C10H15N/c1-4-9-7-8-3-2-6-11(9)10(8)5-1/h1,4,8-10H,2-3,5-7H2/t8?,9-,10+/m0/s1. The minimum atomic E-state index is 0.834. The smallest absolute Gasteiger partial charge is 0.0284 e. The number of rotatable bonds is 0. The van der Waals surface area contributed by atoms with Gasteiger partial charge in [-0.15, -0.1) is 0 Å². The van der Waals surface area contributed by atoms with Crippen molar-refractivity contribution in [3.63, 3.8) is 0 Å². The summed E-state index contributed by atoms with van der Waals surface area (Å²) in [5.74, 6) is 1.05. The molecule has 3 heterocycles. The molecule has 1 nitrogen and oxygen atoms in total. The van der Waals surface area contributed by atoms with Crippen molar-refractivity contribution in [3.8, 4) is 0 Å². The molecule has 4 atom stereocenters. The van der Waals surface area contributed by atoms with Crippen LogP contribution in [0.1, 0.15) is 25.7 Å². The van der Waals surface area contributed by atoms with Gasteiger partial charge in [0.05, 0.1) is 0 Å². The normalized spacial score (nSPS) is 53.1. The molecule has 0 radical (unpaired) electrons. The Morgan fingerprint density at radius 3 is 3.27 bits per heavy atom. The van der Waals surface area contributed by atoms with Gasteiger partial charge in [-0.3, -0.25) is 4.90 Å². The second kappa shape index (κ2) is 2.10. The molecule has 0 amide bonds. The predicted molar refractivity (Wildman–Crippen MR) is 45.4 cm³/mol. The quantitative estimate of drug-likeness (QED) is 0.475. The highest BCUT2D eigenvalue weighted by atomic mass is 15.2. The summed E-state index contributed by atoms with van der Waals surface area (Å²) < 4.78 is 0. The van der Waals surface area contributed by atoms with Crippen LogP contribution in [-0.4, -0.2) is 23.5 Å². The minimum absolute atomic E-state index is 0.834. The molecule has 0 aromatic heterocycles. The van der Waals surface area contributed by atoms with E-state index in [0.29, 0.717) is 0 Å². The maximum Gasteiger partial charge on any atom is 0.0284 e. The average molecular weight is 149 g/mol. The molecule has 1 heteroatoms. The van der Waals surface area contributed by atoms with Crippen LogP contribution in [0.5, 0.6) is 0 Å². The first-order chi connectivity index (χ1) is 5.45. The monoisotopic (exact) mass is 149 g/mol. The lowest BCUT2D eigenvalue weighted by molar-refractivity contribution is 0.151. The van der Waals surface area contributed by atoms with Crippen LogP contribution >= 0.6 is 0 Å². The second-order valence-corrected chi connectivity index (χ2v) is 4.17. The van der Waals surface area contributed by atoms with Crippen molar-refractivity contribution in [2.24, 2.45) is 5.92 Å². The van der Waals surface area contributed by atoms with Crippen LogP contribution in [0.15, 0.2) is 12.2 Å². The zero-order valence-corrected chi connectivity index (χ0v) is 6.87. The van der Waals surface area contributed by atoms with Gasteiger partial charge in [-0.2, -0.15) is 0 Å². The third kappa shape index (κ3) is 0.750. The van der Waals surface area contributed by atoms with Gasteiger partial charge < -0.3 is 0 Å². The molecule has 3 aliphatic rings. The van der Waals surface area contributed by atoms with Crippen molar-refractivity contribution < 1.29 is 0 Å². The Morgan fingerprint density at radius 1 is 1.36 bits per heavy atom. The molecule has 3 aliphatic heterocycles. The minimum Gasteiger partial charge on any atom is -0.293 e. The highest BCUT2D eigenvalue weighted by Gasteiger charge is 2.43. The van der Waals surface area contributed by atoms with E-state index in [1.165, 1.54) is 32.2 Å². The van der Waals surface area contributed by atoms with Gasteiger partial charge in [0.1, 0.15) is 0 Å². The fraction of sp³-hybridized carbons (Fsp3) is 0.800. The van der Waals surface area contributed by atoms with E-state index < -0.39 is 0 Å². The fourth-order valence-corrected chi connectivity index (χ4v) is 3.19. The van der Waals surface area contributed by atoms with Gasteiger partial charge in [0, 0.05) is 12.1 Å². The topological polar surface area (TPSA) is 3.24 Å². The SMILES string of the molecule is C1=C[C@H]2CC3CCCN2[C@@H]3C1. The molecule has 0 N–H and O–H groups in total. The largest absolute Gasteiger partial charge is 0.293 e. The average Bonchev–Trinajstić information content (AvgIpc) is 2.31. The van der Waals surface area contributed by atoms with Crippen molar-refractivity contribution in [1.29, 1.82) is 0 Å². The summed E-state index contributed by atoms with van der Waals surface area (Å²) in [5.41, 5.74) is 0. The van der Waals surface area contributed by atoms with Crippen molar-refractivity contribution in [3.05, 3.63) is 12.2 Å². The second-order valence-electron chi connectivity index (χ2n) is 4.17. The highest BCUT2D eigenvalue weighted by Crippen LogP contribution is 2.41. The van der Waals surface area contributed by atoms with Crippen molar-refractivity contribution in [2.75, 3.05) is 6.54 Å². The van der Waals surface area contributed by atoms with Gasteiger partial charge in [-0.1, -0.05) is 12.2 Å². The van der Waals surface area contributed by atoms with E-state index in [0.717, 1.165) is 18.0 Å². The Bertz CT molecular complexity index is 197. The molecule has 11 heavy (non-hydrogen) atoms. The number of hydrogen-bond acceptors (Lipinski definition) is 1. The summed E-state index contributed by atoms with van der Waals surface area (Å²) in [6.07, 6.45) is 10.6. The Labute approximate surface area is 68.1 Å². The zero-order chi connectivity index (χ0) is 7.26. The van der Waals surface area contributed by atoms with Gasteiger partial charge >= 0.3 is 0 Å². The third-order valence-corrected chi connectivity index (χ3v) is 3.67. The molecule has 0 aromatic carbocycles. The summed E-state index contributed by atoms with van der Waals surface area (Å²) in [4.78, 5) is 2.73. The molecule has 0 saturated carbocycles. The fourth-order valence-electron chi connectivity index (χ4n) is 3.19. The van der Waals surface area contributed by atoms with E-state index in [1.54, 1.807) is 0 Å². The van der Waals surface area contributed by atoms with Crippen LogP contribution in [0, 0.1) is 5.92 Å². The van der Waals surface area contributed by atoms with Gasteiger partial charge in [-0.25, -0.2) is 0 Å². The first kappa shape index (κ1) is 6.24. The summed E-state index contributed by atoms with van der Waals surface area (Å²) >= 11 is 0. The highest BCUT2D eigenvalue weighted by molar-refractivity contribution is 5.12. The molecular formula is C10H15N. The zero-order valence-electron chi connectivity index (χ0n) is 6.87. The molecule has 2 unspecified atom stereocenters. The van der Waals surface area contributed by atoms with Gasteiger partial charge in [0.25, 0.3) is 0 Å². The third-order valence-electron chi connectivity index (χ3n) is 3.67. The Morgan fingerprint density at radius 2 is 2.36 bits per heavy atom. The van der Waals surface area contributed by atoms with Gasteiger partial charge in [0.2, 0.25) is 0 Å². The number of nitrogens with zero attached hydrogens (tertiary/aromatic N) is 1. The number of hydrogen-bond donors (Lipinski definition) is 0. The molecule has 2 saturated heterocycles. The van der Waals surface area contributed by atoms with E-state index in [-0.39, 0.29) is 0 Å². The molecule has 60 valence electrons. The summed E-state index contributed by atoms with van der Waals surface area (Å²) in [6.45, 7) is 1.37. The van der Waals surface area contributed by atoms with Crippen LogP contribution in [0.2, 0.25) is 0 Å². The van der Waals surface area contributed by atoms with Crippen LogP contribution in [-0.2, 0) is 0 Å². The van der Waals surface area contributed by atoms with E-state index in [2.05, 4.69) is 17.1 Å². The summed E-state index contributed by atoms with van der Waals surface area (Å²) in [7, 11) is 0. The lowest BCUT2D eigenvalue weighted by atomic mass is 9.91. The maximum absolute atomic E-state index is 2.73. The van der Waals surface area contributed by atoms with Crippen LogP contribution in [0.3, 0.4) is 0 Å². The Hall–Kier alpha value is -0.300. The molecule has 3 rings (SSSR count). The van der Waals surface area contributed by atoms with Crippen molar-refractivity contribution in [2.45, 2.75) is 37.8 Å². The summed E-state index contributed by atoms with van der Waals surface area (Å²) in [6, 6.07) is 1.78. The molecule has 2 fully saturated rings. The van der Waals surface area contributed by atoms with Gasteiger partial charge in [0.15, 0.2) is 0 Å². The molecule has 4 bridgehead atoms. The first-order valence-electron chi connectivity index (χ1n) is 4.87. The van der Waals surface area contributed by atoms with Crippen molar-refractivity contribution >= 4 is 0 Å². The Kier molecular flexibility index (Phi) is 1.19. The lowest BCUT2D eigenvalue weighted by Crippen LogP contribution is -2.42. The molecule has 0 aliphatic carbocycles. The predicted octanol–water partition coefficient (Wildman–Crippen LogP) is 1.80. The number of piperidine rings is 1. The van der Waals surface area contributed by atoms with E-state index in [1.807, 2.05) is 0 Å². The summed E-state index contributed by atoms with van der Waals surface area (Å²) in [5, 5.41) is 0.